The van der Waals surface area contributed by atoms with Crippen LogP contribution in [0.5, 0.6) is 11.5 Å². The molecule has 16 nitrogen and oxygen atoms in total. The lowest BCUT2D eigenvalue weighted by Crippen LogP contribution is -2.47. The van der Waals surface area contributed by atoms with Gasteiger partial charge >= 0.3 is 5.79 Å². The average molecular weight is 871 g/mol. The Balaban J connectivity index is 1.46. The number of fused-ring (bicyclic) bond motifs is 14. The number of piperazine rings is 1. The number of nitrogens with zero attached hydrogens (tertiary/aromatic N) is 3. The zero-order chi connectivity index (χ0) is 45.8. The van der Waals surface area contributed by atoms with E-state index in [9.17, 15) is 45.0 Å². The number of anilines is 2. The second-order valence-corrected chi connectivity index (χ2v) is 17.7. The predicted octanol–water partition coefficient (Wildman–Crippen LogP) is 3.72. The lowest BCUT2D eigenvalue weighted by atomic mass is 9.77. The Morgan fingerprint density at radius 2 is 1.52 bits per heavy atom. The van der Waals surface area contributed by atoms with Crippen LogP contribution in [0.4, 0.5) is 11.4 Å². The molecule has 0 radical (unpaired) electrons. The highest BCUT2D eigenvalue weighted by molar-refractivity contribution is 6.16. The SMILES string of the molecule is C/C1=C/C=C/[C@H](C)[C@H](O)[C@@H](C)[C@@H](O)[C@@H](C)[C@H](O)[C@H](C)[C@@H](C)/C=C/O[C@@]2(C)Oc3c(C)c(O)c4c(=O)c(c5oc6cc(N7CCN(CCO)CC7)cc(=O)c6nc5c4c3=C2O)NC1=O. The van der Waals surface area contributed by atoms with Gasteiger partial charge in [0.2, 0.25) is 10.9 Å². The molecule has 8 rings (SSSR count). The molecule has 4 aliphatic rings. The van der Waals surface area contributed by atoms with Crippen LogP contribution in [0, 0.1) is 36.5 Å². The molecular formula is C47H58N4O12. The molecule has 4 aliphatic heterocycles. The third-order valence-electron chi connectivity index (χ3n) is 13.5. The number of ether oxygens (including phenoxy) is 2. The molecule has 4 aromatic rings. The summed E-state index contributed by atoms with van der Waals surface area (Å²) in [4.78, 5) is 51.5. The van der Waals surface area contributed by atoms with Gasteiger partial charge in [-0.05, 0) is 31.8 Å². The fourth-order valence-electron chi connectivity index (χ4n) is 8.91. The summed E-state index contributed by atoms with van der Waals surface area (Å²) >= 11 is 0. The van der Waals surface area contributed by atoms with Crippen LogP contribution in [0.2, 0.25) is 0 Å². The summed E-state index contributed by atoms with van der Waals surface area (Å²) in [5.41, 5.74) is -1.41. The van der Waals surface area contributed by atoms with E-state index in [2.05, 4.69) is 10.2 Å². The molecular weight excluding hydrogens is 813 g/mol. The zero-order valence-electron chi connectivity index (χ0n) is 36.9. The topological polar surface area (TPSA) is 236 Å². The van der Waals surface area contributed by atoms with Gasteiger partial charge < -0.3 is 54.7 Å². The lowest BCUT2D eigenvalue weighted by Gasteiger charge is -2.36. The van der Waals surface area contributed by atoms with Crippen molar-refractivity contribution in [3.8, 4) is 11.5 Å². The van der Waals surface area contributed by atoms with Crippen LogP contribution in [0.15, 0.2) is 62.3 Å². The maximum Gasteiger partial charge on any atom is 0.307 e. The number of carbonyl (C=O) groups excluding carboxylic acids is 1. The fourth-order valence-corrected chi connectivity index (χ4v) is 8.91. The highest BCUT2D eigenvalue weighted by Gasteiger charge is 2.44. The molecule has 5 bridgehead atoms. The smallest absolute Gasteiger partial charge is 0.307 e. The van der Waals surface area contributed by atoms with Crippen LogP contribution in [-0.4, -0.2) is 110 Å². The Hall–Kier alpha value is -5.52. The van der Waals surface area contributed by atoms with Gasteiger partial charge in [0, 0.05) is 91.7 Å². The number of rotatable bonds is 3. The Morgan fingerprint density at radius 1 is 0.857 bits per heavy atom. The number of allylic oxidation sites excluding steroid dienone is 3. The molecule has 63 heavy (non-hydrogen) atoms. The van der Waals surface area contributed by atoms with E-state index in [1.807, 2.05) is 18.7 Å². The third kappa shape index (κ3) is 8.14. The highest BCUT2D eigenvalue weighted by atomic mass is 16.7. The first-order valence-electron chi connectivity index (χ1n) is 21.5. The minimum absolute atomic E-state index is 0.0193. The van der Waals surface area contributed by atoms with Gasteiger partial charge in [-0.1, -0.05) is 52.8 Å². The molecule has 5 heterocycles. The van der Waals surface area contributed by atoms with Crippen molar-refractivity contribution in [2.24, 2.45) is 29.6 Å². The molecule has 1 amide bonds. The number of amides is 1. The van der Waals surface area contributed by atoms with Crippen molar-refractivity contribution in [3.05, 3.63) is 79.5 Å². The predicted molar refractivity (Wildman–Crippen MR) is 240 cm³/mol. The van der Waals surface area contributed by atoms with E-state index >= 15 is 0 Å². The van der Waals surface area contributed by atoms with E-state index in [4.69, 9.17) is 18.9 Å². The maximum atomic E-state index is 14.8. The zero-order valence-corrected chi connectivity index (χ0v) is 36.9. The molecule has 3 aromatic carbocycles. The normalized spacial score (nSPS) is 30.9. The molecule has 1 saturated heterocycles. The minimum atomic E-state index is -1.91. The van der Waals surface area contributed by atoms with Gasteiger partial charge in [0.25, 0.3) is 5.91 Å². The molecule has 1 aromatic heterocycles. The summed E-state index contributed by atoms with van der Waals surface area (Å²) in [6.07, 6.45) is 4.68. The van der Waals surface area contributed by atoms with Crippen molar-refractivity contribution in [3.63, 3.8) is 0 Å². The molecule has 0 saturated carbocycles. The minimum Gasteiger partial charge on any atom is -0.507 e. The molecule has 338 valence electrons. The van der Waals surface area contributed by atoms with Crippen LogP contribution in [-0.2, 0) is 9.53 Å². The van der Waals surface area contributed by atoms with Crippen LogP contribution < -0.4 is 31.0 Å². The van der Waals surface area contributed by atoms with Crippen LogP contribution >= 0.6 is 0 Å². The van der Waals surface area contributed by atoms with Gasteiger partial charge in [-0.2, -0.15) is 0 Å². The van der Waals surface area contributed by atoms with Crippen LogP contribution in [0.3, 0.4) is 0 Å². The van der Waals surface area contributed by atoms with Gasteiger partial charge in [-0.25, -0.2) is 4.98 Å². The van der Waals surface area contributed by atoms with Gasteiger partial charge in [0.05, 0.1) is 41.8 Å². The number of aromatic nitrogens is 1. The summed E-state index contributed by atoms with van der Waals surface area (Å²) in [6, 6.07) is 3.08. The Bertz CT molecular complexity index is 2720. The van der Waals surface area contributed by atoms with Crippen LogP contribution in [0.1, 0.15) is 54.0 Å². The number of nitrogens with one attached hydrogen (secondary N) is 1. The van der Waals surface area contributed by atoms with Crippen molar-refractivity contribution < 1.29 is 49.3 Å². The third-order valence-corrected chi connectivity index (χ3v) is 13.5. The second-order valence-electron chi connectivity index (χ2n) is 17.7. The van der Waals surface area contributed by atoms with Crippen LogP contribution in [0.25, 0.3) is 38.7 Å². The number of phenols is 1. The largest absolute Gasteiger partial charge is 0.507 e. The van der Waals surface area contributed by atoms with Crippen molar-refractivity contribution in [1.29, 1.82) is 0 Å². The molecule has 0 aliphatic carbocycles. The van der Waals surface area contributed by atoms with Crippen molar-refractivity contribution in [2.75, 3.05) is 49.5 Å². The first kappa shape index (κ1) is 45.5. The number of benzene rings is 3. The van der Waals surface area contributed by atoms with E-state index in [1.54, 1.807) is 45.1 Å². The summed E-state index contributed by atoms with van der Waals surface area (Å²) in [7, 11) is 0. The van der Waals surface area contributed by atoms with E-state index in [-0.39, 0.29) is 73.3 Å². The number of phenolic OH excluding ortho intramolecular Hbond substituents is 1. The van der Waals surface area contributed by atoms with E-state index in [0.29, 0.717) is 38.4 Å². The van der Waals surface area contributed by atoms with E-state index in [0.717, 1.165) is 0 Å². The molecule has 7 N–H and O–H groups in total. The molecule has 9 atom stereocenters. The van der Waals surface area contributed by atoms with Gasteiger partial charge in [0.1, 0.15) is 22.7 Å². The number of aromatic hydroxyl groups is 1. The Labute approximate surface area is 364 Å². The van der Waals surface area contributed by atoms with Gasteiger partial charge in [0.15, 0.2) is 22.4 Å². The number of hydrogen-bond acceptors (Lipinski definition) is 15. The van der Waals surface area contributed by atoms with E-state index in [1.165, 1.54) is 39.2 Å². The van der Waals surface area contributed by atoms with Crippen molar-refractivity contribution in [2.45, 2.75) is 79.5 Å². The van der Waals surface area contributed by atoms with E-state index < -0.39 is 76.0 Å². The molecule has 0 unspecified atom stereocenters. The summed E-state index contributed by atoms with van der Waals surface area (Å²) in [5.74, 6) is -6.11. The number of carbonyl (C=O) groups is 1. The average Bonchev–Trinajstić information content (AvgIpc) is 3.53. The first-order chi connectivity index (χ1) is 29.8. The van der Waals surface area contributed by atoms with Gasteiger partial charge in [-0.15, -0.1) is 0 Å². The number of aliphatic hydroxyl groups excluding tert-OH is 5. The van der Waals surface area contributed by atoms with Crippen molar-refractivity contribution >= 4 is 56.0 Å². The maximum absolute atomic E-state index is 14.8. The van der Waals surface area contributed by atoms with Crippen molar-refractivity contribution in [1.82, 2.24) is 9.88 Å². The Kier molecular flexibility index (Phi) is 12.7. The number of hydrogen-bond donors (Lipinski definition) is 7. The fraction of sp³-hybridized carbons (Fsp3) is 0.489. The quantitative estimate of drug-likeness (QED) is 0.115. The number of aliphatic hydroxyl groups is 5. The summed E-state index contributed by atoms with van der Waals surface area (Å²) < 4.78 is 18.8. The monoisotopic (exact) mass is 870 g/mol. The highest BCUT2D eigenvalue weighted by Crippen LogP contribution is 2.42. The number of β-amino-alcohol motifs (C(OH)–C–C–N with tert-alkyl or cyclic N) is 1. The second kappa shape index (κ2) is 17.6. The summed E-state index contributed by atoms with van der Waals surface area (Å²) in [6.45, 7) is 16.3. The molecule has 0 spiro atoms. The molecule has 16 heteroatoms. The first-order valence-corrected chi connectivity index (χ1v) is 21.5. The Morgan fingerprint density at radius 3 is 2.21 bits per heavy atom. The lowest BCUT2D eigenvalue weighted by molar-refractivity contribution is -0.112. The van der Waals surface area contributed by atoms with Gasteiger partial charge in [-0.3, -0.25) is 19.3 Å². The summed E-state index contributed by atoms with van der Waals surface area (Å²) in [5, 5.41) is 69.4. The standard InChI is InChI=1S/C47H58N4O12/c1-22-12-19-61-47(8)45(59)34-32-33(41(57)28(7)43(34)63-47)42(58)37(49-46(60)24(3)11-9-10-23(2)38(54)26(5)40(56)27(6)39(55)25(22)4)44-36(32)48-35-30(53)20-29(21-31(35)62-44)51-15-13-50(14-16-51)17-18-52/h9-12,19-23,25-27,38-40,52,54-57,59H,13-18H2,1-8H3,(H,49,60)/b10-9+,19-12+,24-11-/t22-,23-,25+,26+,27-,38-,39+,40+,47-/m0/s1. The molecule has 1 fully saturated rings.